The molecule has 0 heterocycles. The van der Waals surface area contributed by atoms with E-state index >= 15 is 0 Å². The van der Waals surface area contributed by atoms with E-state index in [1.807, 2.05) is 0 Å². The molecule has 11 atom stereocenters. The molecule has 7 heteroatoms. The standard InChI is InChI=1S/C26H43NO6/c1-14(4-7-22(31)27-13-23(32)33)17-5-6-18-24-19(12-21(30)26(17,18)3)25(2)9-8-16(28)10-15(25)11-20(24)29/h14-21,24,28-30H,4-13H2,1-3H3,(H,27,31)(H,32,33)/t14-,15?,16-,17-,18?,19?,20-,21+,24?,25+,26-/m1/s1. The Kier molecular flexibility index (Phi) is 6.89. The van der Waals surface area contributed by atoms with E-state index in [4.69, 9.17) is 5.11 Å². The number of carboxylic acid groups (broad SMARTS) is 1. The number of carbonyl (C=O) groups is 2. The van der Waals surface area contributed by atoms with Crippen molar-refractivity contribution in [2.45, 2.75) is 96.9 Å². The first kappa shape index (κ1) is 24.9. The van der Waals surface area contributed by atoms with Crippen LogP contribution in [0.4, 0.5) is 0 Å². The number of carboxylic acids is 1. The summed E-state index contributed by atoms with van der Waals surface area (Å²) in [5.74, 6) is 0.265. The lowest BCUT2D eigenvalue weighted by molar-refractivity contribution is -0.207. The van der Waals surface area contributed by atoms with Crippen molar-refractivity contribution in [3.05, 3.63) is 0 Å². The SMILES string of the molecule is C[C@H](CCC(=O)NCC(=O)O)[C@H]1CCC2C3C(C[C@H](O)[C@@]21C)[C@@]1(C)CC[C@@H](O)CC1C[C@H]3O. The number of aliphatic hydroxyl groups is 3. The highest BCUT2D eigenvalue weighted by Crippen LogP contribution is 2.68. The van der Waals surface area contributed by atoms with Crippen molar-refractivity contribution < 1.29 is 30.0 Å². The van der Waals surface area contributed by atoms with Gasteiger partial charge < -0.3 is 25.7 Å². The summed E-state index contributed by atoms with van der Waals surface area (Å²) in [5.41, 5.74) is -0.214. The van der Waals surface area contributed by atoms with Crippen LogP contribution in [0, 0.1) is 46.3 Å². The van der Waals surface area contributed by atoms with Crippen LogP contribution in [-0.2, 0) is 9.59 Å². The number of fused-ring (bicyclic) bond motifs is 5. The van der Waals surface area contributed by atoms with Gasteiger partial charge in [0.05, 0.1) is 18.3 Å². The Morgan fingerprint density at radius 3 is 2.45 bits per heavy atom. The third kappa shape index (κ3) is 4.23. The Morgan fingerprint density at radius 2 is 1.76 bits per heavy atom. The van der Waals surface area contributed by atoms with E-state index in [0.29, 0.717) is 25.2 Å². The van der Waals surface area contributed by atoms with Crippen molar-refractivity contribution in [3.8, 4) is 0 Å². The minimum absolute atomic E-state index is 0.0668. The zero-order valence-electron chi connectivity index (χ0n) is 20.4. The Hall–Kier alpha value is -1.18. The molecule has 33 heavy (non-hydrogen) atoms. The van der Waals surface area contributed by atoms with Crippen molar-refractivity contribution in [3.63, 3.8) is 0 Å². The first-order chi connectivity index (χ1) is 15.5. The predicted molar refractivity (Wildman–Crippen MR) is 123 cm³/mol. The average Bonchev–Trinajstić information content (AvgIpc) is 3.11. The summed E-state index contributed by atoms with van der Waals surface area (Å²) in [6.07, 6.45) is 5.86. The molecule has 0 aromatic rings. The number of hydrogen-bond acceptors (Lipinski definition) is 5. The van der Waals surface area contributed by atoms with E-state index < -0.39 is 12.1 Å². The van der Waals surface area contributed by atoms with Gasteiger partial charge in [-0.3, -0.25) is 9.59 Å². The molecule has 4 aliphatic rings. The number of amides is 1. The van der Waals surface area contributed by atoms with Gasteiger partial charge in [0, 0.05) is 6.42 Å². The van der Waals surface area contributed by atoms with E-state index in [9.17, 15) is 24.9 Å². The summed E-state index contributed by atoms with van der Waals surface area (Å²) < 4.78 is 0. The van der Waals surface area contributed by atoms with Crippen molar-refractivity contribution >= 4 is 11.9 Å². The first-order valence-electron chi connectivity index (χ1n) is 13.0. The normalized spacial score (nSPS) is 47.7. The Balaban J connectivity index is 1.49. The highest BCUT2D eigenvalue weighted by Gasteiger charge is 2.65. The lowest BCUT2D eigenvalue weighted by Crippen LogP contribution is -2.62. The third-order valence-corrected chi connectivity index (χ3v) is 10.8. The maximum Gasteiger partial charge on any atom is 0.322 e. The van der Waals surface area contributed by atoms with E-state index in [-0.39, 0.29) is 65.1 Å². The second-order valence-electron chi connectivity index (χ2n) is 12.2. The molecule has 1 amide bonds. The monoisotopic (exact) mass is 465 g/mol. The predicted octanol–water partition coefficient (Wildman–Crippen LogP) is 2.56. The van der Waals surface area contributed by atoms with Gasteiger partial charge in [0.1, 0.15) is 6.54 Å². The van der Waals surface area contributed by atoms with Crippen LogP contribution in [0.1, 0.15) is 78.6 Å². The molecule has 0 aromatic heterocycles. The second kappa shape index (κ2) is 9.12. The summed E-state index contributed by atoms with van der Waals surface area (Å²) in [4.78, 5) is 22.7. The number of aliphatic carboxylic acids is 1. The zero-order chi connectivity index (χ0) is 24.1. The molecule has 7 nitrogen and oxygen atoms in total. The molecule has 4 saturated carbocycles. The fourth-order valence-corrected chi connectivity index (χ4v) is 8.95. The maximum absolute atomic E-state index is 12.0. The highest BCUT2D eigenvalue weighted by molar-refractivity contribution is 5.81. The number of rotatable bonds is 6. The number of hydrogen-bond donors (Lipinski definition) is 5. The van der Waals surface area contributed by atoms with Crippen LogP contribution < -0.4 is 5.32 Å². The lowest BCUT2D eigenvalue weighted by Gasteiger charge is -2.63. The van der Waals surface area contributed by atoms with Gasteiger partial charge in [-0.05, 0) is 97.7 Å². The van der Waals surface area contributed by atoms with Crippen LogP contribution in [0.2, 0.25) is 0 Å². The lowest BCUT2D eigenvalue weighted by atomic mass is 9.43. The second-order valence-corrected chi connectivity index (χ2v) is 12.2. The van der Waals surface area contributed by atoms with Crippen LogP contribution in [0.25, 0.3) is 0 Å². The van der Waals surface area contributed by atoms with Gasteiger partial charge in [-0.1, -0.05) is 20.8 Å². The Morgan fingerprint density at radius 1 is 1.03 bits per heavy atom. The molecule has 4 unspecified atom stereocenters. The van der Waals surface area contributed by atoms with Gasteiger partial charge in [-0.15, -0.1) is 0 Å². The smallest absolute Gasteiger partial charge is 0.322 e. The summed E-state index contributed by atoms with van der Waals surface area (Å²) in [7, 11) is 0. The quantitative estimate of drug-likeness (QED) is 0.410. The molecule has 0 aliphatic heterocycles. The van der Waals surface area contributed by atoms with Crippen LogP contribution in [-0.4, -0.2) is 57.2 Å². The molecular formula is C26H43NO6. The highest BCUT2D eigenvalue weighted by atomic mass is 16.4. The molecule has 0 saturated heterocycles. The van der Waals surface area contributed by atoms with Crippen molar-refractivity contribution in [1.82, 2.24) is 5.32 Å². The fourth-order valence-electron chi connectivity index (χ4n) is 8.95. The Labute approximate surface area is 197 Å². The van der Waals surface area contributed by atoms with Gasteiger partial charge in [0.2, 0.25) is 5.91 Å². The molecular weight excluding hydrogens is 422 g/mol. The van der Waals surface area contributed by atoms with E-state index in [1.54, 1.807) is 0 Å². The van der Waals surface area contributed by atoms with E-state index in [1.165, 1.54) is 0 Å². The van der Waals surface area contributed by atoms with Gasteiger partial charge in [0.25, 0.3) is 0 Å². The van der Waals surface area contributed by atoms with Crippen molar-refractivity contribution in [2.24, 2.45) is 46.3 Å². The summed E-state index contributed by atoms with van der Waals surface area (Å²) in [6, 6.07) is 0. The molecule has 0 spiro atoms. The van der Waals surface area contributed by atoms with Crippen LogP contribution >= 0.6 is 0 Å². The summed E-state index contributed by atoms with van der Waals surface area (Å²) >= 11 is 0. The van der Waals surface area contributed by atoms with Gasteiger partial charge in [0.15, 0.2) is 0 Å². The maximum atomic E-state index is 12.0. The van der Waals surface area contributed by atoms with Crippen molar-refractivity contribution in [2.75, 3.05) is 6.54 Å². The van der Waals surface area contributed by atoms with Crippen molar-refractivity contribution in [1.29, 1.82) is 0 Å². The fraction of sp³-hybridized carbons (Fsp3) is 0.923. The summed E-state index contributed by atoms with van der Waals surface area (Å²) in [6.45, 7) is 6.35. The Bertz CT molecular complexity index is 759. The zero-order valence-corrected chi connectivity index (χ0v) is 20.4. The van der Waals surface area contributed by atoms with E-state index in [2.05, 4.69) is 26.1 Å². The number of nitrogens with one attached hydrogen (secondary N) is 1. The molecule has 0 radical (unpaired) electrons. The van der Waals surface area contributed by atoms with Crippen LogP contribution in [0.5, 0.6) is 0 Å². The minimum Gasteiger partial charge on any atom is -0.480 e. The first-order valence-corrected chi connectivity index (χ1v) is 13.0. The largest absolute Gasteiger partial charge is 0.480 e. The molecule has 5 N–H and O–H groups in total. The summed E-state index contributed by atoms with van der Waals surface area (Å²) in [5, 5.41) is 44.4. The average molecular weight is 466 g/mol. The molecule has 4 aliphatic carbocycles. The minimum atomic E-state index is -1.04. The number of aliphatic hydroxyl groups excluding tert-OH is 3. The third-order valence-electron chi connectivity index (χ3n) is 10.8. The number of carbonyl (C=O) groups excluding carboxylic acids is 1. The molecule has 188 valence electrons. The molecule has 4 rings (SSSR count). The molecule has 0 aromatic carbocycles. The topological polar surface area (TPSA) is 127 Å². The van der Waals surface area contributed by atoms with Crippen LogP contribution in [0.3, 0.4) is 0 Å². The van der Waals surface area contributed by atoms with Gasteiger partial charge in [-0.25, -0.2) is 0 Å². The van der Waals surface area contributed by atoms with Crippen LogP contribution in [0.15, 0.2) is 0 Å². The van der Waals surface area contributed by atoms with Gasteiger partial charge >= 0.3 is 5.97 Å². The van der Waals surface area contributed by atoms with E-state index in [0.717, 1.165) is 38.5 Å². The molecule has 0 bridgehead atoms. The molecule has 4 fully saturated rings. The van der Waals surface area contributed by atoms with Gasteiger partial charge in [-0.2, -0.15) is 0 Å².